The first-order valence-corrected chi connectivity index (χ1v) is 17.0. The van der Waals surface area contributed by atoms with Gasteiger partial charge in [0.05, 0.1) is 5.69 Å². The van der Waals surface area contributed by atoms with E-state index in [0.29, 0.717) is 28.1 Å². The number of benzene rings is 1. The predicted molar refractivity (Wildman–Crippen MR) is 171 cm³/mol. The minimum Gasteiger partial charge on any atom is -0.431 e. The lowest BCUT2D eigenvalue weighted by molar-refractivity contribution is -0.116. The Bertz CT molecular complexity index is 1240. The van der Waals surface area contributed by atoms with Gasteiger partial charge in [-0.2, -0.15) is 0 Å². The molecule has 0 bridgehead atoms. The fourth-order valence-corrected chi connectivity index (χ4v) is 7.18. The van der Waals surface area contributed by atoms with Crippen LogP contribution in [0.2, 0.25) is 5.02 Å². The first-order chi connectivity index (χ1) is 18.5. The lowest BCUT2D eigenvalue weighted by Crippen LogP contribution is -2.14. The summed E-state index contributed by atoms with van der Waals surface area (Å²) in [5, 5.41) is 6.36. The van der Waals surface area contributed by atoms with Crippen molar-refractivity contribution in [1.29, 1.82) is 0 Å². The molecule has 3 aromatic rings. The summed E-state index contributed by atoms with van der Waals surface area (Å²) >= 11 is 11.6. The van der Waals surface area contributed by atoms with Gasteiger partial charge in [0.1, 0.15) is 10.5 Å². The number of thioether (sulfide) groups is 3. The Morgan fingerprint density at radius 1 is 0.974 bits per heavy atom. The molecule has 0 atom stereocenters. The van der Waals surface area contributed by atoms with Gasteiger partial charge in [0.15, 0.2) is 5.58 Å². The van der Waals surface area contributed by atoms with Crippen molar-refractivity contribution < 1.29 is 9.21 Å². The largest absolute Gasteiger partial charge is 0.431 e. The number of carbonyl (C=O) groups excluding carboxylic acids is 1. The lowest BCUT2D eigenvalue weighted by Gasteiger charge is -2.18. The fourth-order valence-electron chi connectivity index (χ4n) is 4.15. The normalized spacial score (nSPS) is 11.9. The van der Waals surface area contributed by atoms with Gasteiger partial charge in [0.2, 0.25) is 5.91 Å². The molecule has 0 aliphatic carbocycles. The molecule has 0 radical (unpaired) electrons. The van der Waals surface area contributed by atoms with Crippen LogP contribution in [-0.2, 0) is 4.79 Å². The summed E-state index contributed by atoms with van der Waals surface area (Å²) in [6.45, 7) is 16.9. The van der Waals surface area contributed by atoms with E-state index in [0.717, 1.165) is 80.0 Å². The number of unbranched alkanes of at least 4 members (excludes halogenated alkanes) is 3. The number of oxazole rings is 1. The Morgan fingerprint density at radius 3 is 2.33 bits per heavy atom. The van der Waals surface area contributed by atoms with E-state index in [1.807, 2.05) is 19.9 Å². The van der Waals surface area contributed by atoms with Crippen LogP contribution in [0.25, 0.3) is 11.1 Å². The van der Waals surface area contributed by atoms with Crippen molar-refractivity contribution in [1.82, 2.24) is 9.97 Å². The molecule has 0 spiro atoms. The quantitative estimate of drug-likeness (QED) is 0.144. The summed E-state index contributed by atoms with van der Waals surface area (Å²) < 4.78 is 6.12. The number of aromatic nitrogens is 2. The summed E-state index contributed by atoms with van der Waals surface area (Å²) in [7, 11) is 0. The van der Waals surface area contributed by atoms with Crippen LogP contribution in [0, 0.1) is 13.8 Å². The van der Waals surface area contributed by atoms with Crippen molar-refractivity contribution in [3.8, 4) is 0 Å². The molecule has 0 aliphatic rings. The maximum Gasteiger partial charge on any atom is 0.256 e. The van der Waals surface area contributed by atoms with Crippen LogP contribution in [0.15, 0.2) is 31.7 Å². The number of hydrogen-bond donors (Lipinski definition) is 1. The van der Waals surface area contributed by atoms with Crippen LogP contribution >= 0.6 is 46.9 Å². The molecule has 0 aliphatic heterocycles. The summed E-state index contributed by atoms with van der Waals surface area (Å²) in [6, 6.07) is 4.09. The van der Waals surface area contributed by atoms with E-state index in [1.165, 1.54) is 0 Å². The third-order valence-corrected chi connectivity index (χ3v) is 9.41. The maximum atomic E-state index is 12.9. The summed E-state index contributed by atoms with van der Waals surface area (Å²) in [5.41, 5.74) is 5.65. The maximum absolute atomic E-state index is 12.9. The van der Waals surface area contributed by atoms with Gasteiger partial charge in [-0.25, -0.2) is 9.97 Å². The highest BCUT2D eigenvalue weighted by Crippen LogP contribution is 2.39. The van der Waals surface area contributed by atoms with E-state index >= 15 is 0 Å². The molecule has 1 amide bonds. The average Bonchev–Trinajstić information content (AvgIpc) is 3.26. The highest BCUT2D eigenvalue weighted by Gasteiger charge is 2.19. The van der Waals surface area contributed by atoms with Gasteiger partial charge < -0.3 is 9.73 Å². The van der Waals surface area contributed by atoms with E-state index in [-0.39, 0.29) is 5.91 Å². The molecule has 1 aromatic carbocycles. The number of amides is 1. The minimum absolute atomic E-state index is 0.0627. The topological polar surface area (TPSA) is 68.0 Å². The van der Waals surface area contributed by atoms with E-state index < -0.39 is 0 Å². The number of anilines is 1. The zero-order valence-electron chi connectivity index (χ0n) is 24.4. The smallest absolute Gasteiger partial charge is 0.256 e. The number of aryl methyl sites for hydroxylation is 2. The molecule has 0 saturated heterocycles. The third-order valence-electron chi connectivity index (χ3n) is 6.06. The molecular weight excluding hydrogens is 566 g/mol. The molecule has 0 fully saturated rings. The SMILES string of the molecule is Cc1cc(SC(C)C)c(NC(=O)CCCCCCSc2nc3c(C)c(Cl)cc(C(C)C)c3o2)c(SC(C)C)n1. The van der Waals surface area contributed by atoms with Crippen molar-refractivity contribution in [2.24, 2.45) is 0 Å². The highest BCUT2D eigenvalue weighted by molar-refractivity contribution is 8.01. The number of rotatable bonds is 14. The van der Waals surface area contributed by atoms with Crippen LogP contribution in [-0.4, -0.2) is 32.1 Å². The van der Waals surface area contributed by atoms with Gasteiger partial charge in [0, 0.05) is 43.8 Å². The second kappa shape index (κ2) is 15.0. The molecule has 2 heterocycles. The van der Waals surface area contributed by atoms with Crippen molar-refractivity contribution in [3.05, 3.63) is 34.0 Å². The van der Waals surface area contributed by atoms with Gasteiger partial charge in [-0.1, -0.05) is 77.7 Å². The number of carbonyl (C=O) groups is 1. The summed E-state index contributed by atoms with van der Waals surface area (Å²) in [5.74, 6) is 1.31. The van der Waals surface area contributed by atoms with Crippen molar-refractivity contribution in [2.45, 2.75) is 119 Å². The highest BCUT2D eigenvalue weighted by atomic mass is 35.5. The Balaban J connectivity index is 1.48. The van der Waals surface area contributed by atoms with Gasteiger partial charge in [-0.15, -0.1) is 23.5 Å². The van der Waals surface area contributed by atoms with Crippen LogP contribution < -0.4 is 5.32 Å². The molecule has 1 N–H and O–H groups in total. The average molecular weight is 608 g/mol. The van der Waals surface area contributed by atoms with Gasteiger partial charge in [-0.3, -0.25) is 4.79 Å². The van der Waals surface area contributed by atoms with Crippen LogP contribution in [0.4, 0.5) is 5.69 Å². The number of halogens is 1. The van der Waals surface area contributed by atoms with E-state index in [4.69, 9.17) is 26.0 Å². The van der Waals surface area contributed by atoms with Gasteiger partial charge >= 0.3 is 0 Å². The molecule has 0 saturated carbocycles. The van der Waals surface area contributed by atoms with Gasteiger partial charge in [-0.05, 0) is 50.3 Å². The lowest BCUT2D eigenvalue weighted by atomic mass is 10.0. The number of pyridine rings is 1. The Morgan fingerprint density at radius 2 is 1.67 bits per heavy atom. The monoisotopic (exact) mass is 607 g/mol. The molecular formula is C30H42ClN3O2S3. The van der Waals surface area contributed by atoms with Crippen molar-refractivity contribution in [3.63, 3.8) is 0 Å². The predicted octanol–water partition coefficient (Wildman–Crippen LogP) is 10.3. The fraction of sp³-hybridized carbons (Fsp3) is 0.567. The van der Waals surface area contributed by atoms with Crippen LogP contribution in [0.1, 0.15) is 96.4 Å². The molecule has 2 aromatic heterocycles. The molecule has 0 unspecified atom stereocenters. The first kappa shape index (κ1) is 32.2. The molecule has 9 heteroatoms. The number of fused-ring (bicyclic) bond motifs is 1. The Hall–Kier alpha value is -1.35. The van der Waals surface area contributed by atoms with Gasteiger partial charge in [0.25, 0.3) is 5.22 Å². The second-order valence-electron chi connectivity index (χ2n) is 10.7. The Labute approximate surface area is 251 Å². The minimum atomic E-state index is 0.0627. The summed E-state index contributed by atoms with van der Waals surface area (Å²) in [6.07, 6.45) is 4.52. The number of hydrogen-bond acceptors (Lipinski definition) is 7. The molecule has 39 heavy (non-hydrogen) atoms. The van der Waals surface area contributed by atoms with Crippen molar-refractivity contribution in [2.75, 3.05) is 11.1 Å². The second-order valence-corrected chi connectivity index (χ2v) is 15.4. The van der Waals surface area contributed by atoms with Crippen molar-refractivity contribution >= 4 is 69.6 Å². The standard InChI is InChI=1S/C30H42ClN3O2S3/c1-17(2)22-16-23(31)21(8)26-28(22)36-30(34-26)37-14-12-10-9-11-13-25(35)33-27-24(38-18(3)4)15-20(7)32-29(27)39-19(5)6/h15-19H,9-14H2,1-8H3,(H,33,35). The van der Waals surface area contributed by atoms with E-state index in [1.54, 1.807) is 35.3 Å². The zero-order valence-corrected chi connectivity index (χ0v) is 27.6. The number of nitrogens with zero attached hydrogens (tertiary/aromatic N) is 2. The number of nitrogens with one attached hydrogen (secondary N) is 1. The zero-order chi connectivity index (χ0) is 28.7. The van der Waals surface area contributed by atoms with E-state index in [2.05, 4.69) is 52.9 Å². The van der Waals surface area contributed by atoms with Crippen LogP contribution in [0.3, 0.4) is 0 Å². The summed E-state index contributed by atoms with van der Waals surface area (Å²) in [4.78, 5) is 23.4. The third kappa shape index (κ3) is 9.34. The molecule has 3 rings (SSSR count). The van der Waals surface area contributed by atoms with Crippen LogP contribution in [0.5, 0.6) is 0 Å². The van der Waals surface area contributed by atoms with E-state index in [9.17, 15) is 4.79 Å². The first-order valence-electron chi connectivity index (χ1n) is 13.8. The Kier molecular flexibility index (Phi) is 12.4. The molecule has 5 nitrogen and oxygen atoms in total. The molecule has 214 valence electrons.